The smallest absolute Gasteiger partial charge is 0.0980 e. The molecule has 1 atom stereocenters. The molecule has 4 heteroatoms. The Hall–Kier alpha value is -0.120. The van der Waals surface area contributed by atoms with Crippen LogP contribution in [0.3, 0.4) is 0 Å². The van der Waals surface area contributed by atoms with Crippen molar-refractivity contribution in [2.45, 2.75) is 18.7 Å². The summed E-state index contributed by atoms with van der Waals surface area (Å²) in [6, 6.07) is 0. The van der Waals surface area contributed by atoms with Gasteiger partial charge in [0.15, 0.2) is 0 Å². The van der Waals surface area contributed by atoms with E-state index in [2.05, 4.69) is 11.9 Å². The first-order valence-corrected chi connectivity index (χ1v) is 5.18. The molecular weight excluding hydrogens is 194 g/mol. The molecule has 0 aliphatic heterocycles. The number of thiazole rings is 1. The largest absolute Gasteiger partial charge is 0.384 e. The fraction of sp³-hybridized carbons (Fsp3) is 0.625. The Labute approximate surface area is 81.5 Å². The van der Waals surface area contributed by atoms with Gasteiger partial charge in [-0.2, -0.15) is 0 Å². The predicted octanol–water partition coefficient (Wildman–Crippen LogP) is 2.63. The number of rotatable bonds is 4. The first kappa shape index (κ1) is 9.96. The van der Waals surface area contributed by atoms with E-state index >= 15 is 0 Å². The van der Waals surface area contributed by atoms with E-state index < -0.39 is 0 Å². The maximum Gasteiger partial charge on any atom is 0.0980 e. The first-order valence-electron chi connectivity index (χ1n) is 3.77. The number of nitrogens with zero attached hydrogens (tertiary/aromatic N) is 1. The van der Waals surface area contributed by atoms with E-state index in [-0.39, 0.29) is 0 Å². The fourth-order valence-electron chi connectivity index (χ4n) is 0.932. The summed E-state index contributed by atoms with van der Waals surface area (Å²) in [6.07, 6.45) is 0. The number of hydrogen-bond acceptors (Lipinski definition) is 3. The van der Waals surface area contributed by atoms with Gasteiger partial charge in [-0.15, -0.1) is 22.9 Å². The molecule has 1 heterocycles. The minimum absolute atomic E-state index is 0.372. The van der Waals surface area contributed by atoms with Crippen molar-refractivity contribution in [3.05, 3.63) is 16.1 Å². The van der Waals surface area contributed by atoms with Crippen LogP contribution in [-0.4, -0.2) is 18.7 Å². The van der Waals surface area contributed by atoms with Crippen molar-refractivity contribution in [2.24, 2.45) is 0 Å². The SMILES string of the molecule is COCC(C)c1nc(CCl)cs1. The lowest BCUT2D eigenvalue weighted by Crippen LogP contribution is -2.01. The van der Waals surface area contributed by atoms with Crippen molar-refractivity contribution in [2.75, 3.05) is 13.7 Å². The molecule has 1 rings (SSSR count). The molecule has 0 spiro atoms. The Morgan fingerprint density at radius 3 is 3.00 bits per heavy atom. The topological polar surface area (TPSA) is 22.1 Å². The minimum Gasteiger partial charge on any atom is -0.384 e. The van der Waals surface area contributed by atoms with Crippen LogP contribution >= 0.6 is 22.9 Å². The van der Waals surface area contributed by atoms with Crippen molar-refractivity contribution in [3.8, 4) is 0 Å². The summed E-state index contributed by atoms with van der Waals surface area (Å²) in [5.41, 5.74) is 0.958. The van der Waals surface area contributed by atoms with Crippen LogP contribution in [0.1, 0.15) is 23.5 Å². The maximum absolute atomic E-state index is 5.63. The molecule has 0 amide bonds. The molecule has 1 aromatic rings. The molecule has 1 aromatic heterocycles. The second-order valence-corrected chi connectivity index (χ2v) is 3.82. The van der Waals surface area contributed by atoms with Gasteiger partial charge in [-0.3, -0.25) is 0 Å². The zero-order chi connectivity index (χ0) is 8.97. The van der Waals surface area contributed by atoms with Crippen LogP contribution in [0.5, 0.6) is 0 Å². The van der Waals surface area contributed by atoms with E-state index in [1.165, 1.54) is 0 Å². The summed E-state index contributed by atoms with van der Waals surface area (Å²) < 4.78 is 5.03. The summed E-state index contributed by atoms with van der Waals surface area (Å²) in [7, 11) is 1.70. The highest BCUT2D eigenvalue weighted by molar-refractivity contribution is 7.09. The van der Waals surface area contributed by atoms with Gasteiger partial charge >= 0.3 is 0 Å². The van der Waals surface area contributed by atoms with Gasteiger partial charge in [-0.1, -0.05) is 6.92 Å². The van der Waals surface area contributed by atoms with Gasteiger partial charge in [-0.25, -0.2) is 4.98 Å². The van der Waals surface area contributed by atoms with Crippen LogP contribution in [0.2, 0.25) is 0 Å². The van der Waals surface area contributed by atoms with E-state index in [4.69, 9.17) is 16.3 Å². The van der Waals surface area contributed by atoms with Crippen LogP contribution in [-0.2, 0) is 10.6 Å². The van der Waals surface area contributed by atoms with E-state index in [9.17, 15) is 0 Å². The molecule has 0 bridgehead atoms. The molecule has 2 nitrogen and oxygen atoms in total. The first-order chi connectivity index (χ1) is 5.77. The van der Waals surface area contributed by atoms with Crippen molar-refractivity contribution in [1.29, 1.82) is 0 Å². The van der Waals surface area contributed by atoms with Gasteiger partial charge in [0, 0.05) is 18.4 Å². The van der Waals surface area contributed by atoms with Crippen LogP contribution in [0.4, 0.5) is 0 Å². The Morgan fingerprint density at radius 2 is 2.50 bits per heavy atom. The van der Waals surface area contributed by atoms with Crippen LogP contribution in [0.15, 0.2) is 5.38 Å². The average molecular weight is 206 g/mol. The highest BCUT2D eigenvalue weighted by Crippen LogP contribution is 2.20. The zero-order valence-corrected chi connectivity index (χ0v) is 8.78. The molecule has 0 saturated heterocycles. The zero-order valence-electron chi connectivity index (χ0n) is 7.21. The van der Waals surface area contributed by atoms with Crippen molar-refractivity contribution >= 4 is 22.9 Å². The second kappa shape index (κ2) is 4.80. The molecular formula is C8H12ClNOS. The molecule has 0 N–H and O–H groups in total. The molecule has 68 valence electrons. The molecule has 1 unspecified atom stereocenters. The normalized spacial score (nSPS) is 13.2. The van der Waals surface area contributed by atoms with Crippen molar-refractivity contribution in [1.82, 2.24) is 4.98 Å². The Bertz CT molecular complexity index is 239. The van der Waals surface area contributed by atoms with Crippen molar-refractivity contribution < 1.29 is 4.74 Å². The van der Waals surface area contributed by atoms with E-state index in [0.717, 1.165) is 17.3 Å². The molecule has 0 aliphatic carbocycles. The third kappa shape index (κ3) is 2.44. The fourth-order valence-corrected chi connectivity index (χ4v) is 2.02. The third-order valence-electron chi connectivity index (χ3n) is 1.54. The third-order valence-corrected chi connectivity index (χ3v) is 2.94. The number of methoxy groups -OCH3 is 1. The van der Waals surface area contributed by atoms with Gasteiger partial charge in [0.1, 0.15) is 0 Å². The van der Waals surface area contributed by atoms with Gasteiger partial charge < -0.3 is 4.74 Å². The molecule has 0 saturated carbocycles. The molecule has 12 heavy (non-hydrogen) atoms. The quantitative estimate of drug-likeness (QED) is 0.706. The lowest BCUT2D eigenvalue weighted by molar-refractivity contribution is 0.184. The second-order valence-electron chi connectivity index (χ2n) is 2.67. The summed E-state index contributed by atoms with van der Waals surface area (Å²) in [5.74, 6) is 0.868. The van der Waals surface area contributed by atoms with Gasteiger partial charge in [0.05, 0.1) is 23.2 Å². The van der Waals surface area contributed by atoms with E-state index in [0.29, 0.717) is 11.8 Å². The van der Waals surface area contributed by atoms with Gasteiger partial charge in [0.2, 0.25) is 0 Å². The number of halogens is 1. The van der Waals surface area contributed by atoms with Crippen molar-refractivity contribution in [3.63, 3.8) is 0 Å². The number of ether oxygens (including phenoxy) is 1. The predicted molar refractivity (Wildman–Crippen MR) is 52.0 cm³/mol. The van der Waals surface area contributed by atoms with Gasteiger partial charge in [0.25, 0.3) is 0 Å². The summed E-state index contributed by atoms with van der Waals surface area (Å²) in [4.78, 5) is 4.35. The summed E-state index contributed by atoms with van der Waals surface area (Å²) in [5, 5.41) is 3.10. The average Bonchev–Trinajstić information content (AvgIpc) is 2.52. The standard InChI is InChI=1S/C8H12ClNOS/c1-6(4-11-2)8-10-7(3-9)5-12-8/h5-6H,3-4H2,1-2H3. The van der Waals surface area contributed by atoms with E-state index in [1.54, 1.807) is 18.4 Å². The van der Waals surface area contributed by atoms with Gasteiger partial charge in [-0.05, 0) is 0 Å². The molecule has 0 aliphatic rings. The highest BCUT2D eigenvalue weighted by Gasteiger charge is 2.09. The summed E-state index contributed by atoms with van der Waals surface area (Å²) in [6.45, 7) is 2.82. The molecule has 0 fully saturated rings. The maximum atomic E-state index is 5.63. The lowest BCUT2D eigenvalue weighted by atomic mass is 10.2. The number of alkyl halides is 1. The Kier molecular flexibility index (Phi) is 3.98. The van der Waals surface area contributed by atoms with E-state index in [1.807, 2.05) is 5.38 Å². The van der Waals surface area contributed by atoms with Crippen LogP contribution < -0.4 is 0 Å². The number of aromatic nitrogens is 1. The minimum atomic E-state index is 0.372. The molecule has 0 aromatic carbocycles. The lowest BCUT2D eigenvalue weighted by Gasteiger charge is -2.04. The van der Waals surface area contributed by atoms with Crippen LogP contribution in [0, 0.1) is 0 Å². The monoisotopic (exact) mass is 205 g/mol. The molecule has 0 radical (unpaired) electrons. The van der Waals surface area contributed by atoms with Crippen LogP contribution in [0.25, 0.3) is 0 Å². The summed E-state index contributed by atoms with van der Waals surface area (Å²) >= 11 is 7.28. The number of hydrogen-bond donors (Lipinski definition) is 0. The highest BCUT2D eigenvalue weighted by atomic mass is 35.5. The Morgan fingerprint density at radius 1 is 1.75 bits per heavy atom. The Balaban J connectivity index is 2.61.